The predicted octanol–water partition coefficient (Wildman–Crippen LogP) is -0.319. The highest BCUT2D eigenvalue weighted by molar-refractivity contribution is 5.83. The number of amides is 2. The lowest BCUT2D eigenvalue weighted by Gasteiger charge is -2.34. The van der Waals surface area contributed by atoms with Crippen LogP contribution in [0.5, 0.6) is 0 Å². The van der Waals surface area contributed by atoms with Gasteiger partial charge in [-0.3, -0.25) is 24.2 Å². The number of nitrogens with zero attached hydrogens (tertiary/aromatic N) is 3. The number of likely N-dealkylation sites (N-methyl/N-ethyl adjacent to an activating group) is 2. The van der Waals surface area contributed by atoms with Gasteiger partial charge in [0.05, 0.1) is 13.0 Å². The van der Waals surface area contributed by atoms with Crippen LogP contribution in [-0.4, -0.2) is 98.0 Å². The molecule has 3 aliphatic rings. The predicted molar refractivity (Wildman–Crippen MR) is 99.9 cm³/mol. The molecule has 0 saturated carbocycles. The number of nitrogens with one attached hydrogen (secondary N) is 1. The first-order valence-electron chi connectivity index (χ1n) is 9.98. The summed E-state index contributed by atoms with van der Waals surface area (Å²) in [6, 6.07) is 0.300. The van der Waals surface area contributed by atoms with Gasteiger partial charge in [0.25, 0.3) is 0 Å². The molecule has 3 fully saturated rings. The zero-order valence-electron chi connectivity index (χ0n) is 16.6. The molecule has 0 radical (unpaired) electrons. The number of carbonyl (C=O) groups is 3. The summed E-state index contributed by atoms with van der Waals surface area (Å²) in [5.41, 5.74) is 0. The minimum atomic E-state index is -0.172. The Hall–Kier alpha value is -1.67. The maximum atomic E-state index is 12.6. The quantitative estimate of drug-likeness (QED) is 0.674. The fourth-order valence-electron chi connectivity index (χ4n) is 4.75. The largest absolute Gasteiger partial charge is 0.469 e. The maximum Gasteiger partial charge on any atom is 0.308 e. The van der Waals surface area contributed by atoms with E-state index in [4.69, 9.17) is 4.74 Å². The van der Waals surface area contributed by atoms with Crippen LogP contribution < -0.4 is 5.32 Å². The van der Waals surface area contributed by atoms with Crippen molar-refractivity contribution in [3.05, 3.63) is 0 Å². The van der Waals surface area contributed by atoms with Crippen molar-refractivity contribution in [2.45, 2.75) is 50.2 Å². The number of hydrogen-bond acceptors (Lipinski definition) is 6. The first-order chi connectivity index (χ1) is 12.9. The van der Waals surface area contributed by atoms with Gasteiger partial charge in [-0.2, -0.15) is 0 Å². The van der Waals surface area contributed by atoms with E-state index < -0.39 is 0 Å². The molecule has 0 aliphatic carbocycles. The van der Waals surface area contributed by atoms with Crippen molar-refractivity contribution in [1.82, 2.24) is 20.0 Å². The molecule has 3 atom stereocenters. The fourth-order valence-corrected chi connectivity index (χ4v) is 4.75. The SMILES string of the molecule is COC(=O)C1CCN(C(=O)CCC2CNC(=O)C3C(CCN3C)N2C)CC1. The Morgan fingerprint density at radius 3 is 2.52 bits per heavy atom. The molecule has 1 N–H and O–H groups in total. The van der Waals surface area contributed by atoms with Gasteiger partial charge in [-0.25, -0.2) is 0 Å². The molecule has 27 heavy (non-hydrogen) atoms. The Labute approximate surface area is 161 Å². The number of piperidine rings is 1. The highest BCUT2D eigenvalue weighted by Crippen LogP contribution is 2.26. The zero-order chi connectivity index (χ0) is 19.6. The minimum Gasteiger partial charge on any atom is -0.469 e. The van der Waals surface area contributed by atoms with Crippen molar-refractivity contribution >= 4 is 17.8 Å². The summed E-state index contributed by atoms with van der Waals surface area (Å²) < 4.78 is 4.80. The van der Waals surface area contributed by atoms with E-state index in [1.165, 1.54) is 7.11 Å². The second kappa shape index (κ2) is 8.56. The van der Waals surface area contributed by atoms with Crippen molar-refractivity contribution in [1.29, 1.82) is 0 Å². The maximum absolute atomic E-state index is 12.6. The van der Waals surface area contributed by atoms with Crippen LogP contribution in [0.1, 0.15) is 32.1 Å². The number of rotatable bonds is 4. The zero-order valence-corrected chi connectivity index (χ0v) is 16.6. The van der Waals surface area contributed by atoms with Crippen LogP contribution in [0.25, 0.3) is 0 Å². The normalized spacial score (nSPS) is 30.6. The van der Waals surface area contributed by atoms with Crippen LogP contribution in [0.2, 0.25) is 0 Å². The van der Waals surface area contributed by atoms with Gasteiger partial charge in [-0.15, -0.1) is 0 Å². The van der Waals surface area contributed by atoms with Crippen molar-refractivity contribution in [3.8, 4) is 0 Å². The molecule has 0 aromatic rings. The third-order valence-corrected chi connectivity index (χ3v) is 6.57. The Balaban J connectivity index is 1.50. The van der Waals surface area contributed by atoms with Gasteiger partial charge < -0.3 is 15.0 Å². The highest BCUT2D eigenvalue weighted by Gasteiger charge is 2.43. The summed E-state index contributed by atoms with van der Waals surface area (Å²) in [6.07, 6.45) is 3.54. The van der Waals surface area contributed by atoms with Crippen LogP contribution in [-0.2, 0) is 19.1 Å². The van der Waals surface area contributed by atoms with Gasteiger partial charge in [0.15, 0.2) is 0 Å². The van der Waals surface area contributed by atoms with Crippen LogP contribution in [0.3, 0.4) is 0 Å². The van der Waals surface area contributed by atoms with Gasteiger partial charge in [-0.1, -0.05) is 0 Å². The first kappa shape index (κ1) is 20.1. The average Bonchev–Trinajstić information content (AvgIpc) is 3.02. The Bertz CT molecular complexity index is 576. The highest BCUT2D eigenvalue weighted by atomic mass is 16.5. The third-order valence-electron chi connectivity index (χ3n) is 6.57. The van der Waals surface area contributed by atoms with E-state index in [9.17, 15) is 14.4 Å². The second-order valence-electron chi connectivity index (χ2n) is 8.06. The monoisotopic (exact) mass is 380 g/mol. The molecule has 3 saturated heterocycles. The van der Waals surface area contributed by atoms with Gasteiger partial charge in [0.1, 0.15) is 6.04 Å². The van der Waals surface area contributed by atoms with Gasteiger partial charge in [0, 0.05) is 44.7 Å². The lowest BCUT2D eigenvalue weighted by atomic mass is 9.96. The summed E-state index contributed by atoms with van der Waals surface area (Å²) in [5.74, 6) is -0.0134. The fraction of sp³-hybridized carbons (Fsp3) is 0.842. The van der Waals surface area contributed by atoms with Crippen LogP contribution in [0, 0.1) is 5.92 Å². The number of carbonyl (C=O) groups excluding carboxylic acids is 3. The molecule has 3 unspecified atom stereocenters. The van der Waals surface area contributed by atoms with Crippen molar-refractivity contribution in [2.75, 3.05) is 47.4 Å². The van der Waals surface area contributed by atoms with Crippen LogP contribution in [0.4, 0.5) is 0 Å². The van der Waals surface area contributed by atoms with Gasteiger partial charge in [0.2, 0.25) is 11.8 Å². The smallest absolute Gasteiger partial charge is 0.308 e. The van der Waals surface area contributed by atoms with Gasteiger partial charge in [-0.05, 0) is 39.8 Å². The number of ether oxygens (including phenoxy) is 1. The van der Waals surface area contributed by atoms with E-state index in [1.54, 1.807) is 0 Å². The van der Waals surface area contributed by atoms with Crippen LogP contribution >= 0.6 is 0 Å². The standard InChI is InChI=1S/C19H32N4O4/c1-21-9-8-15-17(21)18(25)20-12-14(22(15)2)4-5-16(24)23-10-6-13(7-11-23)19(26)27-3/h13-15,17H,4-12H2,1-3H3,(H,20,25). The van der Waals surface area contributed by atoms with Crippen LogP contribution in [0.15, 0.2) is 0 Å². The summed E-state index contributed by atoms with van der Waals surface area (Å²) in [4.78, 5) is 42.9. The number of esters is 1. The van der Waals surface area contributed by atoms with E-state index in [1.807, 2.05) is 11.9 Å². The Morgan fingerprint density at radius 1 is 1.15 bits per heavy atom. The van der Waals surface area contributed by atoms with Gasteiger partial charge >= 0.3 is 5.97 Å². The van der Waals surface area contributed by atoms with E-state index in [2.05, 4.69) is 22.2 Å². The molecule has 0 aromatic carbocycles. The topological polar surface area (TPSA) is 82.2 Å². The Morgan fingerprint density at radius 2 is 1.85 bits per heavy atom. The molecule has 3 heterocycles. The summed E-state index contributed by atoms with van der Waals surface area (Å²) >= 11 is 0. The molecule has 0 spiro atoms. The molecule has 3 aliphatic heterocycles. The first-order valence-corrected chi connectivity index (χ1v) is 9.98. The molecule has 3 rings (SSSR count). The van der Waals surface area contributed by atoms with Crippen molar-refractivity contribution in [2.24, 2.45) is 5.92 Å². The van der Waals surface area contributed by atoms with E-state index in [0.29, 0.717) is 38.9 Å². The summed E-state index contributed by atoms with van der Waals surface area (Å²) in [7, 11) is 5.49. The third kappa shape index (κ3) is 4.27. The van der Waals surface area contributed by atoms with E-state index in [-0.39, 0.29) is 41.8 Å². The average molecular weight is 380 g/mol. The number of methoxy groups -OCH3 is 1. The lowest BCUT2D eigenvalue weighted by Crippen LogP contribution is -2.48. The molecule has 152 valence electrons. The summed E-state index contributed by atoms with van der Waals surface area (Å²) in [5, 5.41) is 3.06. The molecule has 8 heteroatoms. The van der Waals surface area contributed by atoms with Crippen molar-refractivity contribution < 1.29 is 19.1 Å². The lowest BCUT2D eigenvalue weighted by molar-refractivity contribution is -0.149. The molecular formula is C19H32N4O4. The number of fused-ring (bicyclic) bond motifs is 1. The molecular weight excluding hydrogens is 348 g/mol. The summed E-state index contributed by atoms with van der Waals surface area (Å²) in [6.45, 7) is 2.75. The number of hydrogen-bond donors (Lipinski definition) is 1. The molecule has 0 aromatic heterocycles. The Kier molecular flexibility index (Phi) is 6.37. The number of likely N-dealkylation sites (tertiary alicyclic amines) is 2. The molecule has 2 amide bonds. The molecule has 0 bridgehead atoms. The van der Waals surface area contributed by atoms with E-state index >= 15 is 0 Å². The van der Waals surface area contributed by atoms with Crippen molar-refractivity contribution in [3.63, 3.8) is 0 Å². The van der Waals surface area contributed by atoms with E-state index in [0.717, 1.165) is 19.4 Å². The molecule has 8 nitrogen and oxygen atoms in total. The second-order valence-corrected chi connectivity index (χ2v) is 8.06. The minimum absolute atomic E-state index is 0.0847.